The third-order valence-electron chi connectivity index (χ3n) is 4.02. The lowest BCUT2D eigenvalue weighted by Gasteiger charge is -2.28. The van der Waals surface area contributed by atoms with Crippen molar-refractivity contribution >= 4 is 11.7 Å². The molecule has 1 amide bonds. The average molecular weight is 281 g/mol. The molecule has 0 radical (unpaired) electrons. The van der Waals surface area contributed by atoms with Crippen molar-refractivity contribution in [1.82, 2.24) is 15.1 Å². The van der Waals surface area contributed by atoms with Gasteiger partial charge in [-0.1, -0.05) is 19.0 Å². The van der Waals surface area contributed by atoms with Crippen LogP contribution in [0.4, 0.5) is 0 Å². The van der Waals surface area contributed by atoms with Crippen LogP contribution in [-0.4, -0.2) is 26.7 Å². The highest BCUT2D eigenvalue weighted by molar-refractivity contribution is 6.06. The van der Waals surface area contributed by atoms with E-state index in [-0.39, 0.29) is 11.7 Å². The number of rotatable bonds is 6. The Hall–Kier alpha value is -2.05. The van der Waals surface area contributed by atoms with Gasteiger partial charge in [0.05, 0.1) is 6.20 Å². The average Bonchev–Trinajstić information content (AvgIpc) is 2.78. The van der Waals surface area contributed by atoms with Crippen LogP contribution < -0.4 is 11.1 Å². The minimum atomic E-state index is -0.967. The Morgan fingerprint density at radius 3 is 2.55 bits per heavy atom. The number of nitrogens with one attached hydrogen (secondary N) is 1. The van der Waals surface area contributed by atoms with Crippen LogP contribution in [0.5, 0.6) is 0 Å². The van der Waals surface area contributed by atoms with Gasteiger partial charge in [-0.3, -0.25) is 9.48 Å². The van der Waals surface area contributed by atoms with E-state index in [1.807, 2.05) is 27.8 Å². The molecule has 0 aromatic carbocycles. The summed E-state index contributed by atoms with van der Waals surface area (Å²) in [6.07, 6.45) is 2.66. The number of aromatic nitrogens is 2. The predicted octanol–water partition coefficient (Wildman–Crippen LogP) is 0.898. The maximum atomic E-state index is 12.4. The molecule has 0 atom stereocenters. The molecule has 1 aromatic heterocycles. The van der Waals surface area contributed by atoms with Gasteiger partial charge in [-0.2, -0.15) is 5.10 Å². The van der Waals surface area contributed by atoms with Crippen molar-refractivity contribution in [1.29, 1.82) is 0 Å². The number of hydrogen-bond acceptors (Lipinski definition) is 4. The van der Waals surface area contributed by atoms with Crippen LogP contribution in [0.3, 0.4) is 0 Å². The molecular weight excluding hydrogens is 258 g/mol. The summed E-state index contributed by atoms with van der Waals surface area (Å²) in [5.41, 5.74) is 6.67. The van der Waals surface area contributed by atoms with Crippen molar-refractivity contribution in [3.8, 4) is 0 Å². The molecule has 0 unspecified atom stereocenters. The fraction of sp³-hybridized carbons (Fsp3) is 0.615. The molecule has 0 bridgehead atoms. The molecule has 7 nitrogen and oxygen atoms in total. The van der Waals surface area contributed by atoms with Crippen molar-refractivity contribution in [3.63, 3.8) is 0 Å². The molecule has 0 saturated carbocycles. The second-order valence-corrected chi connectivity index (χ2v) is 4.84. The molecular formula is C13H23N5O2. The van der Waals surface area contributed by atoms with E-state index >= 15 is 0 Å². The van der Waals surface area contributed by atoms with Crippen LogP contribution in [0.25, 0.3) is 0 Å². The topological polar surface area (TPSA) is 106 Å². The van der Waals surface area contributed by atoms with E-state index in [2.05, 4.69) is 15.6 Å². The third kappa shape index (κ3) is 2.76. The van der Waals surface area contributed by atoms with E-state index in [1.54, 1.807) is 10.9 Å². The SMILES string of the molecule is CCC(CC)(C(=O)NCc1cnn(C)c1C)C(N)=NO. The van der Waals surface area contributed by atoms with Crippen LogP contribution in [0.2, 0.25) is 0 Å². The Morgan fingerprint density at radius 1 is 1.55 bits per heavy atom. The zero-order chi connectivity index (χ0) is 15.3. The second kappa shape index (κ2) is 6.40. The molecule has 0 saturated heterocycles. The minimum Gasteiger partial charge on any atom is -0.409 e. The zero-order valence-corrected chi connectivity index (χ0v) is 12.5. The molecule has 0 aliphatic carbocycles. The first-order chi connectivity index (χ1) is 9.42. The van der Waals surface area contributed by atoms with E-state index in [0.29, 0.717) is 19.4 Å². The quantitative estimate of drug-likeness (QED) is 0.312. The van der Waals surface area contributed by atoms with E-state index in [0.717, 1.165) is 11.3 Å². The van der Waals surface area contributed by atoms with Gasteiger partial charge in [0.1, 0.15) is 5.41 Å². The maximum Gasteiger partial charge on any atom is 0.234 e. The van der Waals surface area contributed by atoms with Gasteiger partial charge in [-0.25, -0.2) is 0 Å². The Morgan fingerprint density at radius 2 is 2.15 bits per heavy atom. The van der Waals surface area contributed by atoms with Gasteiger partial charge in [0.25, 0.3) is 0 Å². The smallest absolute Gasteiger partial charge is 0.234 e. The van der Waals surface area contributed by atoms with Crippen LogP contribution in [0.15, 0.2) is 11.4 Å². The number of carbonyl (C=O) groups excluding carboxylic acids is 1. The highest BCUT2D eigenvalue weighted by Gasteiger charge is 2.39. The summed E-state index contributed by atoms with van der Waals surface area (Å²) in [7, 11) is 1.85. The Balaban J connectivity index is 2.85. The molecule has 112 valence electrons. The van der Waals surface area contributed by atoms with E-state index in [9.17, 15) is 4.79 Å². The summed E-state index contributed by atoms with van der Waals surface area (Å²) < 4.78 is 1.75. The number of nitrogens with zero attached hydrogens (tertiary/aromatic N) is 3. The summed E-state index contributed by atoms with van der Waals surface area (Å²) in [5.74, 6) is -0.288. The van der Waals surface area contributed by atoms with E-state index in [4.69, 9.17) is 10.9 Å². The van der Waals surface area contributed by atoms with Gasteiger partial charge in [-0.15, -0.1) is 0 Å². The Kier molecular flexibility index (Phi) is 5.12. The second-order valence-electron chi connectivity index (χ2n) is 4.84. The van der Waals surface area contributed by atoms with Gasteiger partial charge in [0.2, 0.25) is 5.91 Å². The molecule has 7 heteroatoms. The lowest BCUT2D eigenvalue weighted by atomic mass is 9.80. The molecule has 1 aromatic rings. The standard InChI is InChI=1S/C13H23N5O2/c1-5-13(6-2,11(14)17-20)12(19)15-7-10-8-16-18(4)9(10)3/h8,20H,5-7H2,1-4H3,(H2,14,17)(H,15,19). The lowest BCUT2D eigenvalue weighted by Crippen LogP contribution is -2.49. The van der Waals surface area contributed by atoms with E-state index < -0.39 is 5.41 Å². The number of amidine groups is 1. The van der Waals surface area contributed by atoms with Crippen molar-refractivity contribution in [3.05, 3.63) is 17.5 Å². The van der Waals surface area contributed by atoms with Crippen molar-refractivity contribution in [2.45, 2.75) is 40.2 Å². The monoisotopic (exact) mass is 281 g/mol. The first-order valence-corrected chi connectivity index (χ1v) is 6.66. The number of hydrogen-bond donors (Lipinski definition) is 3. The molecule has 0 aliphatic rings. The predicted molar refractivity (Wildman–Crippen MR) is 76.2 cm³/mol. The lowest BCUT2D eigenvalue weighted by molar-refractivity contribution is -0.128. The van der Waals surface area contributed by atoms with Crippen molar-refractivity contribution < 1.29 is 10.0 Å². The zero-order valence-electron chi connectivity index (χ0n) is 12.5. The molecule has 0 fully saturated rings. The van der Waals surface area contributed by atoms with Crippen LogP contribution in [0, 0.1) is 12.3 Å². The van der Waals surface area contributed by atoms with Crippen LogP contribution in [0.1, 0.15) is 37.9 Å². The number of oxime groups is 1. The number of carbonyl (C=O) groups is 1. The molecule has 1 rings (SSSR count). The van der Waals surface area contributed by atoms with Gasteiger partial charge in [0.15, 0.2) is 5.84 Å². The van der Waals surface area contributed by atoms with Crippen molar-refractivity contribution in [2.75, 3.05) is 0 Å². The molecule has 1 heterocycles. The Labute approximate surface area is 118 Å². The summed E-state index contributed by atoms with van der Waals surface area (Å²) in [6.45, 7) is 6.00. The number of amides is 1. The highest BCUT2D eigenvalue weighted by Crippen LogP contribution is 2.27. The minimum absolute atomic E-state index is 0.0529. The van der Waals surface area contributed by atoms with E-state index in [1.165, 1.54) is 0 Å². The summed E-state index contributed by atoms with van der Waals surface area (Å²) in [6, 6.07) is 0. The highest BCUT2D eigenvalue weighted by atomic mass is 16.4. The van der Waals surface area contributed by atoms with Gasteiger partial charge < -0.3 is 16.3 Å². The van der Waals surface area contributed by atoms with Gasteiger partial charge >= 0.3 is 0 Å². The maximum absolute atomic E-state index is 12.4. The van der Waals surface area contributed by atoms with Crippen LogP contribution in [-0.2, 0) is 18.4 Å². The largest absolute Gasteiger partial charge is 0.409 e. The van der Waals surface area contributed by atoms with Gasteiger partial charge in [-0.05, 0) is 19.8 Å². The van der Waals surface area contributed by atoms with Crippen molar-refractivity contribution in [2.24, 2.45) is 23.4 Å². The molecule has 0 aliphatic heterocycles. The normalized spacial score (nSPS) is 12.5. The van der Waals surface area contributed by atoms with Crippen LogP contribution >= 0.6 is 0 Å². The van der Waals surface area contributed by atoms with Gasteiger partial charge in [0, 0.05) is 24.8 Å². The first kappa shape index (κ1) is 16.0. The molecule has 0 spiro atoms. The Bertz CT molecular complexity index is 503. The molecule has 20 heavy (non-hydrogen) atoms. The molecule has 4 N–H and O–H groups in total. The third-order valence-corrected chi connectivity index (χ3v) is 4.02. The first-order valence-electron chi connectivity index (χ1n) is 6.66. The number of aryl methyl sites for hydroxylation is 1. The summed E-state index contributed by atoms with van der Waals surface area (Å²) >= 11 is 0. The fourth-order valence-electron chi connectivity index (χ4n) is 2.21. The summed E-state index contributed by atoms with van der Waals surface area (Å²) in [5, 5.41) is 18.9. The fourth-order valence-corrected chi connectivity index (χ4v) is 2.21. The summed E-state index contributed by atoms with van der Waals surface area (Å²) in [4.78, 5) is 12.4. The number of nitrogens with two attached hydrogens (primary N) is 1.